The molecule has 0 aliphatic carbocycles. The van der Waals surface area contributed by atoms with Crippen LogP contribution in [0.1, 0.15) is 12.5 Å². The van der Waals surface area contributed by atoms with Crippen LogP contribution in [0.5, 0.6) is 5.75 Å². The average Bonchev–Trinajstić information content (AvgIpc) is 2.69. The topological polar surface area (TPSA) is 36.0 Å². The van der Waals surface area contributed by atoms with Gasteiger partial charge in [-0.1, -0.05) is 24.3 Å². The van der Waals surface area contributed by atoms with Crippen LogP contribution in [0.2, 0.25) is 0 Å². The zero-order chi connectivity index (χ0) is 19.2. The largest absolute Gasteiger partial charge is 0.495 e. The van der Waals surface area contributed by atoms with Gasteiger partial charge in [0.25, 0.3) is 0 Å². The van der Waals surface area contributed by atoms with Gasteiger partial charge < -0.3 is 14.5 Å². The molecule has 1 amide bonds. The van der Waals surface area contributed by atoms with Gasteiger partial charge in [-0.05, 0) is 43.7 Å². The highest BCUT2D eigenvalue weighted by molar-refractivity contribution is 5.94. The number of carbonyl (C=O) groups is 1. The van der Waals surface area contributed by atoms with Crippen molar-refractivity contribution in [3.63, 3.8) is 0 Å². The molecule has 0 atom stereocenters. The van der Waals surface area contributed by atoms with E-state index in [0.29, 0.717) is 13.1 Å². The molecule has 1 fully saturated rings. The first-order valence-corrected chi connectivity index (χ1v) is 9.59. The van der Waals surface area contributed by atoms with Crippen molar-refractivity contribution in [3.05, 3.63) is 54.1 Å². The lowest BCUT2D eigenvalue weighted by Gasteiger charge is -2.37. The minimum atomic E-state index is 0.161. The quantitative estimate of drug-likeness (QED) is 0.786. The highest BCUT2D eigenvalue weighted by atomic mass is 16.5. The number of piperazine rings is 1. The Morgan fingerprint density at radius 2 is 1.81 bits per heavy atom. The maximum atomic E-state index is 12.9. The molecule has 5 heteroatoms. The van der Waals surface area contributed by atoms with Gasteiger partial charge in [0.05, 0.1) is 19.3 Å². The summed E-state index contributed by atoms with van der Waals surface area (Å²) in [5.41, 5.74) is 3.28. The van der Waals surface area contributed by atoms with Crippen LogP contribution in [0.15, 0.2) is 48.5 Å². The lowest BCUT2D eigenvalue weighted by Crippen LogP contribution is -2.50. The van der Waals surface area contributed by atoms with E-state index >= 15 is 0 Å². The van der Waals surface area contributed by atoms with E-state index in [2.05, 4.69) is 34.9 Å². The number of hydrogen-bond acceptors (Lipinski definition) is 4. The normalized spacial score (nSPS) is 14.9. The molecule has 5 nitrogen and oxygen atoms in total. The van der Waals surface area contributed by atoms with Gasteiger partial charge in [-0.15, -0.1) is 0 Å². The van der Waals surface area contributed by atoms with Crippen LogP contribution in [0, 0.1) is 6.92 Å². The molecule has 0 radical (unpaired) electrons. The van der Waals surface area contributed by atoms with Gasteiger partial charge >= 0.3 is 0 Å². The van der Waals surface area contributed by atoms with Crippen molar-refractivity contribution in [1.29, 1.82) is 0 Å². The number of nitrogens with zero attached hydrogens (tertiary/aromatic N) is 3. The highest BCUT2D eigenvalue weighted by Gasteiger charge is 2.23. The molecule has 0 saturated carbocycles. The van der Waals surface area contributed by atoms with Crippen molar-refractivity contribution in [2.24, 2.45) is 0 Å². The second kappa shape index (κ2) is 8.91. The molecule has 3 rings (SSSR count). The number of benzene rings is 2. The van der Waals surface area contributed by atoms with Crippen LogP contribution in [-0.2, 0) is 4.79 Å². The number of amides is 1. The van der Waals surface area contributed by atoms with Crippen molar-refractivity contribution in [2.45, 2.75) is 13.8 Å². The summed E-state index contributed by atoms with van der Waals surface area (Å²) in [7, 11) is 1.71. The molecule has 1 heterocycles. The first-order chi connectivity index (χ1) is 13.1. The molecule has 0 unspecified atom stereocenters. The Morgan fingerprint density at radius 3 is 2.48 bits per heavy atom. The number of para-hydroxylation sites is 2. The molecule has 2 aromatic carbocycles. The van der Waals surface area contributed by atoms with E-state index in [4.69, 9.17) is 4.74 Å². The minimum Gasteiger partial charge on any atom is -0.495 e. The number of hydrogen-bond donors (Lipinski definition) is 0. The average molecular weight is 367 g/mol. The van der Waals surface area contributed by atoms with Crippen molar-refractivity contribution in [1.82, 2.24) is 4.90 Å². The molecule has 1 saturated heterocycles. The summed E-state index contributed by atoms with van der Waals surface area (Å²) in [5, 5.41) is 0. The van der Waals surface area contributed by atoms with Crippen LogP contribution in [-0.4, -0.2) is 57.2 Å². The number of rotatable bonds is 6. The van der Waals surface area contributed by atoms with Crippen LogP contribution >= 0.6 is 0 Å². The lowest BCUT2D eigenvalue weighted by molar-refractivity contribution is -0.119. The van der Waals surface area contributed by atoms with E-state index in [0.717, 1.165) is 43.3 Å². The number of carbonyl (C=O) groups excluding carboxylic acids is 1. The summed E-state index contributed by atoms with van der Waals surface area (Å²) in [4.78, 5) is 19.3. The van der Waals surface area contributed by atoms with E-state index < -0.39 is 0 Å². The number of aryl methyl sites for hydroxylation is 1. The van der Waals surface area contributed by atoms with Crippen molar-refractivity contribution < 1.29 is 9.53 Å². The lowest BCUT2D eigenvalue weighted by atomic mass is 10.2. The summed E-state index contributed by atoms with van der Waals surface area (Å²) in [6.07, 6.45) is 0. The summed E-state index contributed by atoms with van der Waals surface area (Å²) in [6.45, 7) is 8.75. The van der Waals surface area contributed by atoms with Crippen LogP contribution in [0.25, 0.3) is 0 Å². The van der Waals surface area contributed by atoms with E-state index in [9.17, 15) is 4.79 Å². The Kier molecular flexibility index (Phi) is 6.35. The van der Waals surface area contributed by atoms with Gasteiger partial charge in [-0.2, -0.15) is 0 Å². The molecular weight excluding hydrogens is 338 g/mol. The molecule has 0 spiro atoms. The summed E-state index contributed by atoms with van der Waals surface area (Å²) in [5.74, 6) is 1.06. The molecule has 2 aromatic rings. The summed E-state index contributed by atoms with van der Waals surface area (Å²) >= 11 is 0. The van der Waals surface area contributed by atoms with Crippen molar-refractivity contribution in [2.75, 3.05) is 56.2 Å². The maximum Gasteiger partial charge on any atom is 0.241 e. The zero-order valence-corrected chi connectivity index (χ0v) is 16.5. The first kappa shape index (κ1) is 19.2. The Labute approximate surface area is 162 Å². The Balaban J connectivity index is 1.59. The zero-order valence-electron chi connectivity index (χ0n) is 16.5. The van der Waals surface area contributed by atoms with Gasteiger partial charge in [0, 0.05) is 38.4 Å². The molecular formula is C22H29N3O2. The fraction of sp³-hybridized carbons (Fsp3) is 0.409. The van der Waals surface area contributed by atoms with E-state index in [1.54, 1.807) is 7.11 Å². The summed E-state index contributed by atoms with van der Waals surface area (Å²) < 4.78 is 5.48. The van der Waals surface area contributed by atoms with Crippen LogP contribution in [0.3, 0.4) is 0 Å². The van der Waals surface area contributed by atoms with Gasteiger partial charge in [0.2, 0.25) is 5.91 Å². The van der Waals surface area contributed by atoms with Gasteiger partial charge in [0.15, 0.2) is 0 Å². The molecule has 27 heavy (non-hydrogen) atoms. The number of likely N-dealkylation sites (N-methyl/N-ethyl adjacent to an activating group) is 1. The monoisotopic (exact) mass is 367 g/mol. The number of methoxy groups -OCH3 is 1. The molecule has 0 N–H and O–H groups in total. The third kappa shape index (κ3) is 4.61. The fourth-order valence-corrected chi connectivity index (χ4v) is 3.61. The highest BCUT2D eigenvalue weighted by Crippen LogP contribution is 2.28. The molecule has 144 valence electrons. The minimum absolute atomic E-state index is 0.161. The van der Waals surface area contributed by atoms with E-state index in [1.807, 2.05) is 42.2 Å². The Morgan fingerprint density at radius 1 is 1.07 bits per heavy atom. The van der Waals surface area contributed by atoms with Crippen molar-refractivity contribution in [3.8, 4) is 5.75 Å². The van der Waals surface area contributed by atoms with Crippen LogP contribution < -0.4 is 14.5 Å². The molecule has 1 aliphatic rings. The Hall–Kier alpha value is -2.53. The summed E-state index contributed by atoms with van der Waals surface area (Å²) in [6, 6.07) is 16.2. The first-order valence-electron chi connectivity index (χ1n) is 9.59. The van der Waals surface area contributed by atoms with Gasteiger partial charge in [-0.3, -0.25) is 9.69 Å². The van der Waals surface area contributed by atoms with E-state index in [1.165, 1.54) is 5.56 Å². The van der Waals surface area contributed by atoms with Crippen LogP contribution in [0.4, 0.5) is 11.4 Å². The molecule has 0 bridgehead atoms. The molecule has 0 aromatic heterocycles. The third-order valence-corrected chi connectivity index (χ3v) is 5.09. The second-order valence-electron chi connectivity index (χ2n) is 6.91. The SMILES string of the molecule is CCN(C(=O)CN1CCN(c2ccccc2OC)CC1)c1cccc(C)c1. The second-order valence-corrected chi connectivity index (χ2v) is 6.91. The predicted octanol–water partition coefficient (Wildman–Crippen LogP) is 3.18. The maximum absolute atomic E-state index is 12.9. The predicted molar refractivity (Wildman–Crippen MR) is 111 cm³/mol. The van der Waals surface area contributed by atoms with Gasteiger partial charge in [-0.25, -0.2) is 0 Å². The third-order valence-electron chi connectivity index (χ3n) is 5.09. The smallest absolute Gasteiger partial charge is 0.241 e. The molecule has 1 aliphatic heterocycles. The fourth-order valence-electron chi connectivity index (χ4n) is 3.61. The number of ether oxygens (including phenoxy) is 1. The standard InChI is InChI=1S/C22H29N3O2/c1-4-25(19-9-7-8-18(2)16-19)22(26)17-23-12-14-24(15-13-23)20-10-5-6-11-21(20)27-3/h5-11,16H,4,12-15,17H2,1-3H3. The Bertz CT molecular complexity index is 770. The van der Waals surface area contributed by atoms with Crippen molar-refractivity contribution >= 4 is 17.3 Å². The number of anilines is 2. The van der Waals surface area contributed by atoms with Gasteiger partial charge in [0.1, 0.15) is 5.75 Å². The van der Waals surface area contributed by atoms with E-state index in [-0.39, 0.29) is 5.91 Å².